The number of aromatic nitrogens is 2. The van der Waals surface area contributed by atoms with Crippen LogP contribution in [0.3, 0.4) is 0 Å². The van der Waals surface area contributed by atoms with Crippen molar-refractivity contribution in [1.29, 1.82) is 0 Å². The molecule has 1 N–H and O–H groups in total. The van der Waals surface area contributed by atoms with Crippen molar-refractivity contribution in [2.45, 2.75) is 44.9 Å². The lowest BCUT2D eigenvalue weighted by Crippen LogP contribution is -2.55. The van der Waals surface area contributed by atoms with Crippen molar-refractivity contribution in [3.05, 3.63) is 48.0 Å². The molecule has 8 nitrogen and oxygen atoms in total. The molecule has 31 heavy (non-hydrogen) atoms. The van der Waals surface area contributed by atoms with Gasteiger partial charge >= 0.3 is 0 Å². The topological polar surface area (TPSA) is 85.7 Å². The van der Waals surface area contributed by atoms with Gasteiger partial charge in [-0.3, -0.25) is 9.59 Å². The highest BCUT2D eigenvalue weighted by atomic mass is 16.5. The largest absolute Gasteiger partial charge is 0.497 e. The predicted molar refractivity (Wildman–Crippen MR) is 115 cm³/mol. The van der Waals surface area contributed by atoms with E-state index >= 15 is 0 Å². The fourth-order valence-electron chi connectivity index (χ4n) is 4.30. The van der Waals surface area contributed by atoms with E-state index in [9.17, 15) is 9.59 Å². The first-order valence-electron chi connectivity index (χ1n) is 10.8. The van der Waals surface area contributed by atoms with Crippen LogP contribution in [0.2, 0.25) is 0 Å². The number of carbonyl (C=O) groups is 2. The summed E-state index contributed by atoms with van der Waals surface area (Å²) in [6.07, 6.45) is 4.26. The summed E-state index contributed by atoms with van der Waals surface area (Å²) in [5.41, 5.74) is -0.0560. The zero-order chi connectivity index (χ0) is 22.0. The summed E-state index contributed by atoms with van der Waals surface area (Å²) in [5, 5.41) is 2.98. The molecule has 0 saturated carbocycles. The number of likely N-dealkylation sites (tertiary alicyclic amines) is 1. The number of nitrogens with one attached hydrogen (secondary N) is 1. The van der Waals surface area contributed by atoms with Gasteiger partial charge in [-0.15, -0.1) is 0 Å². The van der Waals surface area contributed by atoms with Crippen molar-refractivity contribution in [2.24, 2.45) is 5.92 Å². The zero-order valence-corrected chi connectivity index (χ0v) is 18.3. The molecule has 8 heteroatoms. The second-order valence-electron chi connectivity index (χ2n) is 8.67. The molecule has 1 saturated heterocycles. The molecule has 0 radical (unpaired) electrons. The molecule has 1 aromatic carbocycles. The maximum Gasteiger partial charge on any atom is 0.253 e. The van der Waals surface area contributed by atoms with Crippen LogP contribution >= 0.6 is 0 Å². The predicted octanol–water partition coefficient (Wildman–Crippen LogP) is 2.19. The molecule has 2 aliphatic heterocycles. The van der Waals surface area contributed by atoms with Crippen LogP contribution in [0.5, 0.6) is 5.75 Å². The average molecular weight is 427 g/mol. The number of imidazole rings is 1. The lowest BCUT2D eigenvalue weighted by Gasteiger charge is -2.45. The van der Waals surface area contributed by atoms with Crippen LogP contribution in [-0.2, 0) is 21.7 Å². The normalized spacial score (nSPS) is 19.9. The van der Waals surface area contributed by atoms with Crippen molar-refractivity contribution >= 4 is 11.8 Å². The molecule has 3 heterocycles. The highest BCUT2D eigenvalue weighted by Gasteiger charge is 2.47. The molecule has 4 rings (SSSR count). The Hall–Kier alpha value is -2.87. The molecule has 1 fully saturated rings. The maximum absolute atomic E-state index is 13.0. The van der Waals surface area contributed by atoms with Gasteiger partial charge in [-0.05, 0) is 24.1 Å². The number of hydrogen-bond acceptors (Lipinski definition) is 5. The lowest BCUT2D eigenvalue weighted by atomic mass is 9.88. The highest BCUT2D eigenvalue weighted by molar-refractivity contribution is 5.94. The second-order valence-corrected chi connectivity index (χ2v) is 8.67. The number of rotatable bonds is 5. The molecular formula is C23H30N4O4. The number of ether oxygens (including phenoxy) is 2. The van der Waals surface area contributed by atoms with Gasteiger partial charge in [0.25, 0.3) is 11.8 Å². The average Bonchev–Trinajstić information content (AvgIpc) is 3.27. The number of benzene rings is 1. The van der Waals surface area contributed by atoms with Gasteiger partial charge in [0.15, 0.2) is 6.10 Å². The first-order chi connectivity index (χ1) is 14.9. The van der Waals surface area contributed by atoms with Crippen molar-refractivity contribution in [3.8, 4) is 5.75 Å². The summed E-state index contributed by atoms with van der Waals surface area (Å²) in [6, 6.07) is 7.20. The van der Waals surface area contributed by atoms with Crippen LogP contribution in [0.15, 0.2) is 36.7 Å². The standard InChI is InChI=1S/C23H30N4O4/c1-16(2)14-25-20(28)19-15-27-12-9-24-22(27)23(31-19)7-10-26(11-8-23)21(29)17-5-4-6-18(13-17)30-3/h4-6,9,12-13,16,19H,7-8,10-11,14-15H2,1-3H3,(H,25,28). The summed E-state index contributed by atoms with van der Waals surface area (Å²) in [4.78, 5) is 32.1. The van der Waals surface area contributed by atoms with E-state index in [2.05, 4.69) is 24.1 Å². The van der Waals surface area contributed by atoms with Gasteiger partial charge in [-0.25, -0.2) is 4.98 Å². The van der Waals surface area contributed by atoms with Crippen molar-refractivity contribution in [1.82, 2.24) is 19.8 Å². The Labute approximate surface area is 182 Å². The monoisotopic (exact) mass is 426 g/mol. The smallest absolute Gasteiger partial charge is 0.253 e. The fourth-order valence-corrected chi connectivity index (χ4v) is 4.30. The van der Waals surface area contributed by atoms with E-state index in [-0.39, 0.29) is 11.8 Å². The van der Waals surface area contributed by atoms with E-state index < -0.39 is 11.7 Å². The van der Waals surface area contributed by atoms with Gasteiger partial charge in [-0.2, -0.15) is 0 Å². The third kappa shape index (κ3) is 4.30. The molecule has 2 amide bonds. The minimum absolute atomic E-state index is 0.0286. The Morgan fingerprint density at radius 1 is 1.32 bits per heavy atom. The lowest BCUT2D eigenvalue weighted by molar-refractivity contribution is -0.172. The molecule has 2 aromatic rings. The van der Waals surface area contributed by atoms with E-state index in [1.165, 1.54) is 0 Å². The van der Waals surface area contributed by atoms with Gasteiger partial charge in [0.1, 0.15) is 17.2 Å². The third-order valence-electron chi connectivity index (χ3n) is 6.01. The Morgan fingerprint density at radius 2 is 2.10 bits per heavy atom. The number of amides is 2. The Morgan fingerprint density at radius 3 is 2.81 bits per heavy atom. The minimum Gasteiger partial charge on any atom is -0.497 e. The molecule has 1 aromatic heterocycles. The van der Waals surface area contributed by atoms with E-state index in [0.717, 1.165) is 5.82 Å². The van der Waals surface area contributed by atoms with Crippen LogP contribution in [0.25, 0.3) is 0 Å². The van der Waals surface area contributed by atoms with Gasteiger partial charge in [-0.1, -0.05) is 19.9 Å². The number of methoxy groups -OCH3 is 1. The molecule has 1 spiro atoms. The van der Waals surface area contributed by atoms with Gasteiger partial charge in [0.2, 0.25) is 0 Å². The van der Waals surface area contributed by atoms with Crippen LogP contribution in [0, 0.1) is 5.92 Å². The summed E-state index contributed by atoms with van der Waals surface area (Å²) >= 11 is 0. The van der Waals surface area contributed by atoms with Gasteiger partial charge < -0.3 is 24.3 Å². The summed E-state index contributed by atoms with van der Waals surface area (Å²) in [5.74, 6) is 1.75. The Balaban J connectivity index is 1.48. The Kier molecular flexibility index (Phi) is 6.00. The molecule has 0 aliphatic carbocycles. The minimum atomic E-state index is -0.660. The van der Waals surface area contributed by atoms with Gasteiger partial charge in [0, 0.05) is 50.4 Å². The van der Waals surface area contributed by atoms with Crippen molar-refractivity contribution in [3.63, 3.8) is 0 Å². The SMILES string of the molecule is COc1cccc(C(=O)N2CCC3(CC2)OC(C(=O)NCC(C)C)Cn2ccnc23)c1. The van der Waals surface area contributed by atoms with Crippen molar-refractivity contribution in [2.75, 3.05) is 26.7 Å². The molecule has 1 unspecified atom stereocenters. The van der Waals surface area contributed by atoms with Crippen molar-refractivity contribution < 1.29 is 19.1 Å². The number of nitrogens with zero attached hydrogens (tertiary/aromatic N) is 3. The van der Waals surface area contributed by atoms with E-state index in [1.54, 1.807) is 25.4 Å². The zero-order valence-electron chi connectivity index (χ0n) is 18.3. The molecule has 166 valence electrons. The molecule has 2 aliphatic rings. The van der Waals surface area contributed by atoms with E-state index in [4.69, 9.17) is 9.47 Å². The molecular weight excluding hydrogens is 396 g/mol. The second kappa shape index (κ2) is 8.70. The first kappa shape index (κ1) is 21.4. The van der Waals surface area contributed by atoms with E-state index in [1.807, 2.05) is 27.8 Å². The number of piperidine rings is 1. The van der Waals surface area contributed by atoms with Crippen LogP contribution in [-0.4, -0.2) is 59.1 Å². The first-order valence-corrected chi connectivity index (χ1v) is 10.8. The summed E-state index contributed by atoms with van der Waals surface area (Å²) < 4.78 is 13.7. The maximum atomic E-state index is 13.0. The van der Waals surface area contributed by atoms with E-state index in [0.29, 0.717) is 56.3 Å². The summed E-state index contributed by atoms with van der Waals surface area (Å²) in [7, 11) is 1.59. The third-order valence-corrected chi connectivity index (χ3v) is 6.01. The number of fused-ring (bicyclic) bond motifs is 2. The van der Waals surface area contributed by atoms with Gasteiger partial charge in [0.05, 0.1) is 13.7 Å². The Bertz CT molecular complexity index is 947. The van der Waals surface area contributed by atoms with Crippen LogP contribution in [0.1, 0.15) is 42.9 Å². The highest BCUT2D eigenvalue weighted by Crippen LogP contribution is 2.40. The molecule has 1 atom stereocenters. The quantitative estimate of drug-likeness (QED) is 0.792. The van der Waals surface area contributed by atoms with Crippen LogP contribution < -0.4 is 10.1 Å². The summed E-state index contributed by atoms with van der Waals surface area (Å²) in [6.45, 7) is 6.25. The number of carbonyl (C=O) groups excluding carboxylic acids is 2. The van der Waals surface area contributed by atoms with Crippen LogP contribution in [0.4, 0.5) is 0 Å². The fraction of sp³-hybridized carbons (Fsp3) is 0.522. The number of hydrogen-bond donors (Lipinski definition) is 1. The molecule has 0 bridgehead atoms.